The molecule has 2 N–H and O–H groups in total. The number of rotatable bonds is 5. The maximum atomic E-state index is 11.5. The Morgan fingerprint density at radius 2 is 1.94 bits per heavy atom. The van der Waals surface area contributed by atoms with E-state index in [0.717, 1.165) is 59.0 Å². The first kappa shape index (κ1) is 21.2. The summed E-state index contributed by atoms with van der Waals surface area (Å²) in [7, 11) is 1.40. The molecule has 0 bridgehead atoms. The van der Waals surface area contributed by atoms with Crippen LogP contribution in [0.4, 0.5) is 10.6 Å². The quantitative estimate of drug-likeness (QED) is 0.470. The second-order valence-electron chi connectivity index (χ2n) is 8.92. The van der Waals surface area contributed by atoms with E-state index in [2.05, 4.69) is 51.4 Å². The predicted molar refractivity (Wildman–Crippen MR) is 127 cm³/mol. The van der Waals surface area contributed by atoms with E-state index in [0.29, 0.717) is 6.04 Å². The van der Waals surface area contributed by atoms with Crippen LogP contribution in [0, 0.1) is 0 Å². The number of anilines is 1. The lowest BCUT2D eigenvalue weighted by Gasteiger charge is -2.29. The second-order valence-corrected chi connectivity index (χ2v) is 8.92. The fourth-order valence-electron chi connectivity index (χ4n) is 4.64. The molecule has 9 nitrogen and oxygen atoms in total. The summed E-state index contributed by atoms with van der Waals surface area (Å²) in [6, 6.07) is 6.81. The summed E-state index contributed by atoms with van der Waals surface area (Å²) in [5.74, 6) is 0.863. The first-order valence-corrected chi connectivity index (χ1v) is 11.4. The Morgan fingerprint density at radius 3 is 2.64 bits per heavy atom. The van der Waals surface area contributed by atoms with Gasteiger partial charge in [-0.2, -0.15) is 10.2 Å². The molecule has 0 radical (unpaired) electrons. The van der Waals surface area contributed by atoms with Gasteiger partial charge in [0.25, 0.3) is 0 Å². The van der Waals surface area contributed by atoms with Gasteiger partial charge in [-0.3, -0.25) is 9.67 Å². The van der Waals surface area contributed by atoms with E-state index < -0.39 is 0 Å². The number of carbonyl (C=O) groups is 1. The van der Waals surface area contributed by atoms with Crippen molar-refractivity contribution in [2.24, 2.45) is 0 Å². The van der Waals surface area contributed by atoms with Crippen LogP contribution in [0.2, 0.25) is 0 Å². The summed E-state index contributed by atoms with van der Waals surface area (Å²) in [4.78, 5) is 15.7. The highest BCUT2D eigenvalue weighted by atomic mass is 16.5. The lowest BCUT2D eigenvalue weighted by Crippen LogP contribution is -2.40. The molecule has 1 aliphatic carbocycles. The minimum atomic E-state index is -0.360. The van der Waals surface area contributed by atoms with Crippen LogP contribution in [0.25, 0.3) is 27.5 Å². The lowest BCUT2D eigenvalue weighted by atomic mass is 9.91. The van der Waals surface area contributed by atoms with E-state index in [1.165, 1.54) is 7.11 Å². The molecule has 9 heteroatoms. The Bertz CT molecular complexity index is 1270. The molecule has 1 fully saturated rings. The van der Waals surface area contributed by atoms with E-state index in [-0.39, 0.29) is 18.2 Å². The molecule has 0 saturated heterocycles. The van der Waals surface area contributed by atoms with Gasteiger partial charge in [0.2, 0.25) is 0 Å². The SMILES string of the molecule is COC(=O)NC1CCC(Nc2nn(C(C)C)c3c2cnn2cc(-c4cccnc4)cc32)CC1. The largest absolute Gasteiger partial charge is 0.453 e. The monoisotopic (exact) mass is 447 g/mol. The fourth-order valence-corrected chi connectivity index (χ4v) is 4.64. The number of fused-ring (bicyclic) bond motifs is 3. The normalized spacial score (nSPS) is 18.7. The molecule has 4 aromatic rings. The molecule has 172 valence electrons. The van der Waals surface area contributed by atoms with Gasteiger partial charge in [-0.05, 0) is 51.7 Å². The number of nitrogens with zero attached hydrogens (tertiary/aromatic N) is 5. The zero-order valence-electron chi connectivity index (χ0n) is 19.2. The van der Waals surface area contributed by atoms with E-state index >= 15 is 0 Å². The number of ether oxygens (including phenoxy) is 1. The molecule has 0 aliphatic heterocycles. The number of pyridine rings is 1. The minimum absolute atomic E-state index is 0.161. The molecule has 1 amide bonds. The summed E-state index contributed by atoms with van der Waals surface area (Å²) >= 11 is 0. The van der Waals surface area contributed by atoms with Crippen molar-refractivity contribution < 1.29 is 9.53 Å². The van der Waals surface area contributed by atoms with Gasteiger partial charge in [0.1, 0.15) is 0 Å². The standard InChI is InChI=1S/C24H29N7O2/c1-15(2)31-22-20(13-26-30-14-17(11-21(22)30)16-5-4-10-25-12-16)23(29-31)27-18-6-8-19(9-7-18)28-24(32)33-3/h4-5,10-15,18-19H,6-9H2,1-3H3,(H,27,29)(H,28,32). The van der Waals surface area contributed by atoms with Crippen molar-refractivity contribution in [2.45, 2.75) is 57.7 Å². The average Bonchev–Trinajstić information content (AvgIpc) is 3.42. The predicted octanol–water partition coefficient (Wildman–Crippen LogP) is 4.41. The number of carbonyl (C=O) groups excluding carboxylic acids is 1. The van der Waals surface area contributed by atoms with Crippen LogP contribution >= 0.6 is 0 Å². The molecule has 5 rings (SSSR count). The van der Waals surface area contributed by atoms with Gasteiger partial charge < -0.3 is 15.4 Å². The molecule has 4 aromatic heterocycles. The van der Waals surface area contributed by atoms with Crippen molar-refractivity contribution in [1.29, 1.82) is 0 Å². The van der Waals surface area contributed by atoms with Crippen LogP contribution in [0.1, 0.15) is 45.6 Å². The Morgan fingerprint density at radius 1 is 1.15 bits per heavy atom. The van der Waals surface area contributed by atoms with Gasteiger partial charge in [0, 0.05) is 47.8 Å². The molecule has 4 heterocycles. The van der Waals surface area contributed by atoms with Gasteiger partial charge in [-0.1, -0.05) is 6.07 Å². The first-order chi connectivity index (χ1) is 16.0. The Labute approximate surface area is 192 Å². The molecule has 0 atom stereocenters. The number of nitrogens with one attached hydrogen (secondary N) is 2. The smallest absolute Gasteiger partial charge is 0.407 e. The lowest BCUT2D eigenvalue weighted by molar-refractivity contribution is 0.162. The molecule has 33 heavy (non-hydrogen) atoms. The maximum absolute atomic E-state index is 11.5. The van der Waals surface area contributed by atoms with Gasteiger partial charge in [-0.15, -0.1) is 0 Å². The number of alkyl carbamates (subject to hydrolysis) is 1. The average molecular weight is 448 g/mol. The van der Waals surface area contributed by atoms with Crippen molar-refractivity contribution >= 4 is 28.3 Å². The van der Waals surface area contributed by atoms with Crippen molar-refractivity contribution in [3.8, 4) is 11.1 Å². The Balaban J connectivity index is 1.45. The third-order valence-electron chi connectivity index (χ3n) is 6.36. The van der Waals surface area contributed by atoms with Crippen LogP contribution < -0.4 is 10.6 Å². The molecular weight excluding hydrogens is 418 g/mol. The van der Waals surface area contributed by atoms with Gasteiger partial charge in [-0.25, -0.2) is 9.31 Å². The summed E-state index contributed by atoms with van der Waals surface area (Å²) in [5.41, 5.74) is 4.22. The highest BCUT2D eigenvalue weighted by Gasteiger charge is 2.25. The van der Waals surface area contributed by atoms with E-state index in [1.54, 1.807) is 6.20 Å². The topological polar surface area (TPSA) is 98.4 Å². The van der Waals surface area contributed by atoms with Crippen LogP contribution in [0.5, 0.6) is 0 Å². The molecule has 0 aromatic carbocycles. The maximum Gasteiger partial charge on any atom is 0.407 e. The van der Waals surface area contributed by atoms with Crippen molar-refractivity contribution in [1.82, 2.24) is 29.7 Å². The summed E-state index contributed by atoms with van der Waals surface area (Å²) in [6.45, 7) is 4.28. The molecular formula is C24H29N7O2. The number of hydrogen-bond acceptors (Lipinski definition) is 6. The van der Waals surface area contributed by atoms with E-state index in [1.807, 2.05) is 29.2 Å². The number of hydrogen-bond donors (Lipinski definition) is 2. The van der Waals surface area contributed by atoms with Crippen molar-refractivity contribution in [3.05, 3.63) is 43.0 Å². The van der Waals surface area contributed by atoms with Crippen molar-refractivity contribution in [3.63, 3.8) is 0 Å². The molecule has 0 unspecified atom stereocenters. The van der Waals surface area contributed by atoms with Gasteiger partial charge in [0.05, 0.1) is 29.7 Å². The Hall–Kier alpha value is -3.62. The highest BCUT2D eigenvalue weighted by molar-refractivity contribution is 6.00. The first-order valence-electron chi connectivity index (χ1n) is 11.4. The third-order valence-corrected chi connectivity index (χ3v) is 6.36. The van der Waals surface area contributed by atoms with Crippen LogP contribution in [0.15, 0.2) is 43.0 Å². The molecule has 1 aliphatic rings. The zero-order chi connectivity index (χ0) is 22.9. The van der Waals surface area contributed by atoms with Crippen LogP contribution in [0.3, 0.4) is 0 Å². The zero-order valence-corrected chi connectivity index (χ0v) is 19.2. The highest BCUT2D eigenvalue weighted by Crippen LogP contribution is 2.33. The van der Waals surface area contributed by atoms with E-state index in [4.69, 9.17) is 9.84 Å². The second kappa shape index (κ2) is 8.73. The number of aromatic nitrogens is 5. The van der Waals surface area contributed by atoms with Gasteiger partial charge >= 0.3 is 6.09 Å². The van der Waals surface area contributed by atoms with Gasteiger partial charge in [0.15, 0.2) is 5.82 Å². The third kappa shape index (κ3) is 4.10. The van der Waals surface area contributed by atoms with E-state index in [9.17, 15) is 4.79 Å². The number of amides is 1. The molecule has 1 saturated carbocycles. The van der Waals surface area contributed by atoms with Crippen LogP contribution in [-0.2, 0) is 4.74 Å². The summed E-state index contributed by atoms with van der Waals surface area (Å²) in [6.07, 6.45) is 10.9. The van der Waals surface area contributed by atoms with Crippen molar-refractivity contribution in [2.75, 3.05) is 12.4 Å². The molecule has 0 spiro atoms. The Kier molecular flexibility index (Phi) is 5.62. The van der Waals surface area contributed by atoms with Crippen LogP contribution in [-0.4, -0.2) is 49.7 Å². The number of methoxy groups -OCH3 is 1. The summed E-state index contributed by atoms with van der Waals surface area (Å²) in [5, 5.41) is 17.2. The minimum Gasteiger partial charge on any atom is -0.453 e. The summed E-state index contributed by atoms with van der Waals surface area (Å²) < 4.78 is 8.71. The fraction of sp³-hybridized carbons (Fsp3) is 0.417.